The van der Waals surface area contributed by atoms with Crippen molar-refractivity contribution in [2.75, 3.05) is 13.7 Å². The molecule has 1 fully saturated rings. The van der Waals surface area contributed by atoms with Gasteiger partial charge in [0.05, 0.1) is 7.11 Å². The summed E-state index contributed by atoms with van der Waals surface area (Å²) in [5.41, 5.74) is 0.206. The van der Waals surface area contributed by atoms with E-state index in [1.807, 2.05) is 0 Å². The quantitative estimate of drug-likeness (QED) is 0.823. The molecule has 0 bridgehead atoms. The fourth-order valence-electron chi connectivity index (χ4n) is 3.08. The number of carbonyl (C=O) groups excluding carboxylic acids is 2. The SMILES string of the molecule is COc1ccc(Cl)cc1C(=O)OCC(=O)N[C@H]1CCC[C@@H](C)[C@@H]1C. The third-order valence-electron chi connectivity index (χ3n) is 4.77. The van der Waals surface area contributed by atoms with Crippen molar-refractivity contribution in [1.82, 2.24) is 5.32 Å². The van der Waals surface area contributed by atoms with Crippen molar-refractivity contribution >= 4 is 23.5 Å². The summed E-state index contributed by atoms with van der Waals surface area (Å²) in [6.07, 6.45) is 3.26. The van der Waals surface area contributed by atoms with Crippen molar-refractivity contribution in [2.45, 2.75) is 39.2 Å². The Morgan fingerprint density at radius 2 is 2.04 bits per heavy atom. The van der Waals surface area contributed by atoms with E-state index >= 15 is 0 Å². The second-order valence-electron chi connectivity index (χ2n) is 6.36. The largest absolute Gasteiger partial charge is 0.496 e. The Morgan fingerprint density at radius 3 is 2.75 bits per heavy atom. The number of hydrogen-bond donors (Lipinski definition) is 1. The highest BCUT2D eigenvalue weighted by atomic mass is 35.5. The van der Waals surface area contributed by atoms with Crippen LogP contribution in [-0.4, -0.2) is 31.6 Å². The Hall–Kier alpha value is -1.75. The van der Waals surface area contributed by atoms with Gasteiger partial charge in [-0.2, -0.15) is 0 Å². The molecule has 1 N–H and O–H groups in total. The first-order valence-electron chi connectivity index (χ1n) is 8.22. The number of nitrogens with one attached hydrogen (secondary N) is 1. The monoisotopic (exact) mass is 353 g/mol. The van der Waals surface area contributed by atoms with Crippen molar-refractivity contribution in [2.24, 2.45) is 11.8 Å². The predicted molar refractivity (Wildman–Crippen MR) is 92.4 cm³/mol. The molecular formula is C18H24ClNO4. The molecule has 1 amide bonds. The number of esters is 1. The first kappa shape index (κ1) is 18.6. The topological polar surface area (TPSA) is 64.6 Å². The molecule has 0 spiro atoms. The van der Waals surface area contributed by atoms with Crippen LogP contribution in [0.25, 0.3) is 0 Å². The summed E-state index contributed by atoms with van der Waals surface area (Å²) in [5, 5.41) is 3.37. The van der Waals surface area contributed by atoms with Gasteiger partial charge in [0.25, 0.3) is 5.91 Å². The zero-order valence-corrected chi connectivity index (χ0v) is 15.1. The number of methoxy groups -OCH3 is 1. The van der Waals surface area contributed by atoms with Gasteiger partial charge < -0.3 is 14.8 Å². The predicted octanol–water partition coefficient (Wildman–Crippen LogP) is 3.45. The van der Waals surface area contributed by atoms with Gasteiger partial charge >= 0.3 is 5.97 Å². The normalized spacial score (nSPS) is 23.4. The lowest BCUT2D eigenvalue weighted by Crippen LogP contribution is -2.45. The van der Waals surface area contributed by atoms with E-state index in [1.54, 1.807) is 12.1 Å². The second kappa shape index (κ2) is 8.38. The molecule has 132 valence electrons. The molecule has 6 heteroatoms. The Morgan fingerprint density at radius 1 is 1.29 bits per heavy atom. The number of benzene rings is 1. The van der Waals surface area contributed by atoms with Crippen molar-refractivity contribution < 1.29 is 19.1 Å². The molecule has 1 aliphatic rings. The van der Waals surface area contributed by atoms with E-state index in [9.17, 15) is 9.59 Å². The van der Waals surface area contributed by atoms with Crippen LogP contribution < -0.4 is 10.1 Å². The van der Waals surface area contributed by atoms with Gasteiger partial charge in [0, 0.05) is 11.1 Å². The molecule has 1 aliphatic carbocycles. The summed E-state index contributed by atoms with van der Waals surface area (Å²) in [6.45, 7) is 4.04. The number of carbonyl (C=O) groups is 2. The van der Waals surface area contributed by atoms with Crippen LogP contribution in [0.4, 0.5) is 0 Å². The number of amides is 1. The molecule has 1 aromatic carbocycles. The highest BCUT2D eigenvalue weighted by Crippen LogP contribution is 2.29. The maximum atomic E-state index is 12.1. The summed E-state index contributed by atoms with van der Waals surface area (Å²) in [7, 11) is 1.46. The average molecular weight is 354 g/mol. The minimum absolute atomic E-state index is 0.139. The van der Waals surface area contributed by atoms with Crippen LogP contribution >= 0.6 is 11.6 Å². The van der Waals surface area contributed by atoms with Crippen molar-refractivity contribution in [3.63, 3.8) is 0 Å². The van der Waals surface area contributed by atoms with E-state index in [2.05, 4.69) is 19.2 Å². The van der Waals surface area contributed by atoms with Crippen LogP contribution in [0.15, 0.2) is 18.2 Å². The molecule has 0 saturated heterocycles. The highest BCUT2D eigenvalue weighted by Gasteiger charge is 2.28. The van der Waals surface area contributed by atoms with Gasteiger partial charge in [-0.25, -0.2) is 4.79 Å². The van der Waals surface area contributed by atoms with E-state index in [-0.39, 0.29) is 24.1 Å². The first-order valence-corrected chi connectivity index (χ1v) is 8.60. The van der Waals surface area contributed by atoms with Gasteiger partial charge in [0.2, 0.25) is 0 Å². The molecule has 0 radical (unpaired) electrons. The van der Waals surface area contributed by atoms with Crippen molar-refractivity contribution in [1.29, 1.82) is 0 Å². The van der Waals surface area contributed by atoms with Gasteiger partial charge in [-0.3, -0.25) is 4.79 Å². The van der Waals surface area contributed by atoms with E-state index < -0.39 is 5.97 Å². The molecule has 1 aromatic rings. The molecule has 0 aliphatic heterocycles. The van der Waals surface area contributed by atoms with Gasteiger partial charge in [-0.1, -0.05) is 38.3 Å². The number of ether oxygens (including phenoxy) is 2. The van der Waals surface area contributed by atoms with E-state index in [0.717, 1.165) is 12.8 Å². The van der Waals surface area contributed by atoms with E-state index in [0.29, 0.717) is 22.6 Å². The third-order valence-corrected chi connectivity index (χ3v) is 5.00. The number of hydrogen-bond acceptors (Lipinski definition) is 4. The maximum Gasteiger partial charge on any atom is 0.342 e. The molecule has 0 unspecified atom stereocenters. The Balaban J connectivity index is 1.89. The minimum Gasteiger partial charge on any atom is -0.496 e. The van der Waals surface area contributed by atoms with Crippen LogP contribution in [-0.2, 0) is 9.53 Å². The molecule has 3 atom stereocenters. The van der Waals surface area contributed by atoms with Gasteiger partial charge in [-0.15, -0.1) is 0 Å². The average Bonchev–Trinajstić information content (AvgIpc) is 2.56. The molecule has 0 heterocycles. The Kier molecular flexibility index (Phi) is 6.49. The lowest BCUT2D eigenvalue weighted by atomic mass is 9.78. The minimum atomic E-state index is -0.630. The lowest BCUT2D eigenvalue weighted by molar-refractivity contribution is -0.125. The van der Waals surface area contributed by atoms with Crippen LogP contribution in [0.3, 0.4) is 0 Å². The van der Waals surface area contributed by atoms with Crippen LogP contribution in [0.2, 0.25) is 5.02 Å². The molecule has 24 heavy (non-hydrogen) atoms. The molecule has 5 nitrogen and oxygen atoms in total. The summed E-state index contributed by atoms with van der Waals surface area (Å²) in [4.78, 5) is 24.2. The van der Waals surface area contributed by atoms with Crippen LogP contribution in [0.5, 0.6) is 5.75 Å². The summed E-state index contributed by atoms with van der Waals surface area (Å²) >= 11 is 5.90. The van der Waals surface area contributed by atoms with E-state index in [1.165, 1.54) is 19.6 Å². The standard InChI is InChI=1S/C18H24ClNO4/c1-11-5-4-6-15(12(11)2)20-17(21)10-24-18(22)14-9-13(19)7-8-16(14)23-3/h7-9,11-12,15H,4-6,10H2,1-3H3,(H,20,21)/t11-,12+,15+/m1/s1. The fraction of sp³-hybridized carbons (Fsp3) is 0.556. The number of rotatable bonds is 5. The van der Waals surface area contributed by atoms with Crippen molar-refractivity contribution in [3.8, 4) is 5.75 Å². The maximum absolute atomic E-state index is 12.1. The number of halogens is 1. The molecule has 0 aromatic heterocycles. The van der Waals surface area contributed by atoms with Gasteiger partial charge in [0.1, 0.15) is 11.3 Å². The van der Waals surface area contributed by atoms with Gasteiger partial charge in [0.15, 0.2) is 6.61 Å². The Bertz CT molecular complexity index is 605. The zero-order chi connectivity index (χ0) is 17.7. The Labute approximate surface area is 147 Å². The lowest BCUT2D eigenvalue weighted by Gasteiger charge is -2.34. The summed E-state index contributed by atoms with van der Waals surface area (Å²) in [6, 6.07) is 4.81. The molecular weight excluding hydrogens is 330 g/mol. The van der Waals surface area contributed by atoms with Crippen molar-refractivity contribution in [3.05, 3.63) is 28.8 Å². The first-order chi connectivity index (χ1) is 11.4. The summed E-state index contributed by atoms with van der Waals surface area (Å²) < 4.78 is 10.2. The molecule has 2 rings (SSSR count). The van der Waals surface area contributed by atoms with E-state index in [4.69, 9.17) is 21.1 Å². The highest BCUT2D eigenvalue weighted by molar-refractivity contribution is 6.31. The zero-order valence-electron chi connectivity index (χ0n) is 14.3. The van der Waals surface area contributed by atoms with Crippen LogP contribution in [0, 0.1) is 11.8 Å². The summed E-state index contributed by atoms with van der Waals surface area (Å²) in [5.74, 6) is 0.457. The fourth-order valence-corrected chi connectivity index (χ4v) is 3.25. The smallest absolute Gasteiger partial charge is 0.342 e. The van der Waals surface area contributed by atoms with Gasteiger partial charge in [-0.05, 0) is 36.5 Å². The van der Waals surface area contributed by atoms with Crippen LogP contribution in [0.1, 0.15) is 43.5 Å². The second-order valence-corrected chi connectivity index (χ2v) is 6.80. The molecule has 1 saturated carbocycles. The third kappa shape index (κ3) is 4.63.